The van der Waals surface area contributed by atoms with Crippen LogP contribution in [0.2, 0.25) is 0 Å². The third-order valence-electron chi connectivity index (χ3n) is 6.73. The van der Waals surface area contributed by atoms with Gasteiger partial charge < -0.3 is 29.6 Å². The maximum absolute atomic E-state index is 12.2. The van der Waals surface area contributed by atoms with E-state index in [1.54, 1.807) is 25.3 Å². The van der Waals surface area contributed by atoms with Gasteiger partial charge in [-0.25, -0.2) is 0 Å². The van der Waals surface area contributed by atoms with Crippen LogP contribution in [0.1, 0.15) is 37.0 Å². The first-order valence-corrected chi connectivity index (χ1v) is 13.4. The number of rotatable bonds is 14. The van der Waals surface area contributed by atoms with Crippen molar-refractivity contribution in [2.24, 2.45) is 5.92 Å². The fraction of sp³-hybridized carbons (Fsp3) is 0.290. The molecule has 3 N–H and O–H groups in total. The number of aliphatic carboxylic acids is 1. The number of amides is 1. The van der Waals surface area contributed by atoms with Crippen LogP contribution in [0.4, 0.5) is 5.69 Å². The zero-order valence-corrected chi connectivity index (χ0v) is 23.3. The Kier molecular flexibility index (Phi) is 9.93. The van der Waals surface area contributed by atoms with Gasteiger partial charge in [-0.3, -0.25) is 9.59 Å². The maximum atomic E-state index is 12.2. The third kappa shape index (κ3) is 7.84. The van der Waals surface area contributed by atoms with E-state index in [0.717, 1.165) is 17.7 Å². The summed E-state index contributed by atoms with van der Waals surface area (Å²) in [6, 6.07) is 22.1. The molecular formula is C31H34N4O6. The number of carbonyl (C=O) groups excluding carboxylic acids is 1. The Balaban J connectivity index is 1.40. The second-order valence-electron chi connectivity index (χ2n) is 9.56. The van der Waals surface area contributed by atoms with E-state index in [1.165, 1.54) is 0 Å². The van der Waals surface area contributed by atoms with E-state index in [4.69, 9.17) is 19.0 Å². The Morgan fingerprint density at radius 3 is 2.41 bits per heavy atom. The average molecular weight is 559 g/mol. The molecule has 0 radical (unpaired) electrons. The minimum Gasteiger partial charge on any atom is -0.496 e. The number of hydrogen-bond donors (Lipinski definition) is 3. The van der Waals surface area contributed by atoms with E-state index < -0.39 is 5.97 Å². The smallest absolute Gasteiger partial charge is 0.305 e. The molecule has 214 valence electrons. The maximum Gasteiger partial charge on any atom is 0.305 e. The topological polar surface area (TPSA) is 136 Å². The summed E-state index contributed by atoms with van der Waals surface area (Å²) in [5, 5.41) is 23.2. The largest absolute Gasteiger partial charge is 0.496 e. The van der Waals surface area contributed by atoms with Gasteiger partial charge in [-0.05, 0) is 54.4 Å². The second-order valence-corrected chi connectivity index (χ2v) is 9.56. The molecule has 2 unspecified atom stereocenters. The zero-order valence-electron chi connectivity index (χ0n) is 23.3. The molecule has 3 aromatic carbocycles. The van der Waals surface area contributed by atoms with Crippen molar-refractivity contribution in [3.05, 3.63) is 78.4 Å². The van der Waals surface area contributed by atoms with Gasteiger partial charge in [0.25, 0.3) is 11.8 Å². The van der Waals surface area contributed by atoms with E-state index in [1.807, 2.05) is 54.6 Å². The number of methoxy groups -OCH3 is 1. The van der Waals surface area contributed by atoms with E-state index in [2.05, 4.69) is 34.7 Å². The quantitative estimate of drug-likeness (QED) is 0.183. The highest BCUT2D eigenvalue weighted by Crippen LogP contribution is 2.34. The van der Waals surface area contributed by atoms with Crippen molar-refractivity contribution in [2.75, 3.05) is 25.6 Å². The first-order chi connectivity index (χ1) is 19.9. The summed E-state index contributed by atoms with van der Waals surface area (Å²) in [6.45, 7) is 4.75. The Labute approximate surface area is 238 Å². The summed E-state index contributed by atoms with van der Waals surface area (Å²) in [6.07, 6.45) is 0.816. The van der Waals surface area contributed by atoms with Crippen LogP contribution < -0.4 is 20.1 Å². The van der Waals surface area contributed by atoms with Crippen molar-refractivity contribution in [3.63, 3.8) is 0 Å². The summed E-state index contributed by atoms with van der Waals surface area (Å²) < 4.78 is 17.7. The lowest BCUT2D eigenvalue weighted by Crippen LogP contribution is -2.33. The van der Waals surface area contributed by atoms with Gasteiger partial charge in [0.1, 0.15) is 18.1 Å². The van der Waals surface area contributed by atoms with E-state index >= 15 is 0 Å². The molecule has 0 saturated heterocycles. The molecule has 2 atom stereocenters. The van der Waals surface area contributed by atoms with Crippen LogP contribution in [0.3, 0.4) is 0 Å². The summed E-state index contributed by atoms with van der Waals surface area (Å²) in [7, 11) is 1.58. The number of carboxylic acids is 1. The van der Waals surface area contributed by atoms with Gasteiger partial charge in [0, 0.05) is 29.4 Å². The van der Waals surface area contributed by atoms with Crippen LogP contribution in [0.5, 0.6) is 11.5 Å². The van der Waals surface area contributed by atoms with E-state index in [9.17, 15) is 9.59 Å². The minimum absolute atomic E-state index is 0.00899. The third-order valence-corrected chi connectivity index (χ3v) is 6.73. The molecule has 4 aromatic rings. The molecule has 10 heteroatoms. The monoisotopic (exact) mass is 558 g/mol. The van der Waals surface area contributed by atoms with Crippen LogP contribution in [0, 0.1) is 5.92 Å². The molecule has 0 aliphatic rings. The number of nitrogens with one attached hydrogen (secondary N) is 2. The number of hydrogen-bond acceptors (Lipinski definition) is 8. The lowest BCUT2D eigenvalue weighted by atomic mass is 9.99. The van der Waals surface area contributed by atoms with Gasteiger partial charge in [0.2, 0.25) is 5.89 Å². The minimum atomic E-state index is -0.957. The number of nitrogens with zero attached hydrogens (tertiary/aromatic N) is 2. The molecule has 41 heavy (non-hydrogen) atoms. The van der Waals surface area contributed by atoms with Crippen molar-refractivity contribution < 1.29 is 28.6 Å². The number of benzene rings is 3. The van der Waals surface area contributed by atoms with Gasteiger partial charge in [-0.1, -0.05) is 38.5 Å². The van der Waals surface area contributed by atoms with Crippen LogP contribution in [0.25, 0.3) is 22.9 Å². The highest BCUT2D eigenvalue weighted by molar-refractivity contribution is 5.94. The second kappa shape index (κ2) is 14.0. The highest BCUT2D eigenvalue weighted by atomic mass is 16.5. The molecule has 0 saturated carbocycles. The highest BCUT2D eigenvalue weighted by Gasteiger charge is 2.19. The SMILES string of the molecule is CCC(C)C(COc1ccc(-c2nnc(-c3ccccc3)o2)c(OC)c1)Nc1ccc(C(=O)NCCC(=O)O)cc1. The van der Waals surface area contributed by atoms with Crippen LogP contribution in [0.15, 0.2) is 77.2 Å². The Bertz CT molecular complexity index is 1440. The van der Waals surface area contributed by atoms with Crippen molar-refractivity contribution in [3.8, 4) is 34.4 Å². The molecule has 0 aliphatic heterocycles. The number of anilines is 1. The molecule has 1 aromatic heterocycles. The lowest BCUT2D eigenvalue weighted by Gasteiger charge is -2.26. The fourth-order valence-corrected chi connectivity index (χ4v) is 4.10. The normalized spacial score (nSPS) is 12.3. The van der Waals surface area contributed by atoms with Crippen molar-refractivity contribution in [2.45, 2.75) is 32.7 Å². The van der Waals surface area contributed by atoms with Crippen LogP contribution >= 0.6 is 0 Å². The summed E-state index contributed by atoms with van der Waals surface area (Å²) >= 11 is 0. The van der Waals surface area contributed by atoms with Gasteiger partial charge in [0.15, 0.2) is 0 Å². The van der Waals surface area contributed by atoms with Crippen molar-refractivity contribution in [1.82, 2.24) is 15.5 Å². The van der Waals surface area contributed by atoms with Crippen molar-refractivity contribution >= 4 is 17.6 Å². The molecule has 4 rings (SSSR count). The van der Waals surface area contributed by atoms with Crippen LogP contribution in [-0.2, 0) is 4.79 Å². The summed E-state index contributed by atoms with van der Waals surface area (Å²) in [5.41, 5.74) is 2.81. The molecule has 1 heterocycles. The number of aromatic nitrogens is 2. The Hall–Kier alpha value is -4.86. The number of ether oxygens (including phenoxy) is 2. The molecule has 0 fully saturated rings. The van der Waals surface area contributed by atoms with Gasteiger partial charge in [-0.15, -0.1) is 10.2 Å². The van der Waals surface area contributed by atoms with Crippen LogP contribution in [-0.4, -0.2) is 53.5 Å². The predicted octanol–water partition coefficient (Wildman–Crippen LogP) is 5.52. The summed E-state index contributed by atoms with van der Waals surface area (Å²) in [4.78, 5) is 22.9. The first-order valence-electron chi connectivity index (χ1n) is 13.4. The Morgan fingerprint density at radius 1 is 1.00 bits per heavy atom. The molecule has 0 bridgehead atoms. The molecule has 1 amide bonds. The standard InChI is InChI=1S/C31H34N4O6/c1-4-20(2)26(33-23-12-10-21(11-13-23)29(38)32-17-16-28(36)37)19-40-24-14-15-25(27(18-24)39-3)31-35-34-30(41-31)22-8-6-5-7-9-22/h5-15,18,20,26,33H,4,16-17,19H2,1-3H3,(H,32,38)(H,36,37). The van der Waals surface area contributed by atoms with E-state index in [0.29, 0.717) is 46.9 Å². The van der Waals surface area contributed by atoms with Gasteiger partial charge >= 0.3 is 5.97 Å². The number of carboxylic acid groups (broad SMARTS) is 1. The molecule has 0 aliphatic carbocycles. The fourth-order valence-electron chi connectivity index (χ4n) is 4.10. The lowest BCUT2D eigenvalue weighted by molar-refractivity contribution is -0.136. The predicted molar refractivity (Wildman–Crippen MR) is 155 cm³/mol. The molecular weight excluding hydrogens is 524 g/mol. The average Bonchev–Trinajstić information content (AvgIpc) is 3.49. The van der Waals surface area contributed by atoms with Gasteiger partial charge in [0.05, 0.1) is 25.1 Å². The Morgan fingerprint density at radius 2 is 1.73 bits per heavy atom. The molecule has 10 nitrogen and oxygen atoms in total. The van der Waals surface area contributed by atoms with E-state index in [-0.39, 0.29) is 24.9 Å². The first kappa shape index (κ1) is 29.1. The summed E-state index contributed by atoms with van der Waals surface area (Å²) in [5.74, 6) is 0.996. The van der Waals surface area contributed by atoms with Crippen molar-refractivity contribution in [1.29, 1.82) is 0 Å². The molecule has 0 spiro atoms. The zero-order chi connectivity index (χ0) is 29.2. The van der Waals surface area contributed by atoms with Gasteiger partial charge in [-0.2, -0.15) is 0 Å². The number of carbonyl (C=O) groups is 2.